The first-order valence-electron chi connectivity index (χ1n) is 10.0. The number of carbonyl (C=O) groups is 2. The van der Waals surface area contributed by atoms with Crippen LogP contribution in [0.1, 0.15) is 37.8 Å². The summed E-state index contributed by atoms with van der Waals surface area (Å²) in [6.07, 6.45) is 1.58. The fourth-order valence-corrected chi connectivity index (χ4v) is 4.65. The molecular weight excluding hydrogens is 350 g/mol. The lowest BCUT2D eigenvalue weighted by molar-refractivity contribution is -0.133. The van der Waals surface area contributed by atoms with Crippen LogP contribution >= 0.6 is 0 Å². The highest BCUT2D eigenvalue weighted by Crippen LogP contribution is 2.47. The predicted molar refractivity (Wildman–Crippen MR) is 110 cm³/mol. The number of hydrogen-bond acceptors (Lipinski definition) is 3. The smallest absolute Gasteiger partial charge is 0.250 e. The number of hydrogen-bond donors (Lipinski definition) is 3. The van der Waals surface area contributed by atoms with Gasteiger partial charge in [0.25, 0.3) is 0 Å². The summed E-state index contributed by atoms with van der Waals surface area (Å²) in [5.41, 5.74) is 1.74. The summed E-state index contributed by atoms with van der Waals surface area (Å²) < 4.78 is 0. The Morgan fingerprint density at radius 3 is 2.61 bits per heavy atom. The van der Waals surface area contributed by atoms with Crippen molar-refractivity contribution in [2.75, 3.05) is 5.32 Å². The van der Waals surface area contributed by atoms with Crippen LogP contribution in [-0.2, 0) is 21.7 Å². The molecule has 2 aromatic carbocycles. The quantitative estimate of drug-likeness (QED) is 0.750. The van der Waals surface area contributed by atoms with Gasteiger partial charge in [0.05, 0.1) is 5.92 Å². The van der Waals surface area contributed by atoms with Crippen molar-refractivity contribution in [3.63, 3.8) is 0 Å². The normalized spacial score (nSPS) is 25.8. The van der Waals surface area contributed by atoms with E-state index in [1.807, 2.05) is 54.6 Å². The molecule has 28 heavy (non-hydrogen) atoms. The lowest BCUT2D eigenvalue weighted by atomic mass is 9.79. The van der Waals surface area contributed by atoms with Crippen molar-refractivity contribution in [3.05, 3.63) is 65.7 Å². The number of para-hydroxylation sites is 1. The first-order chi connectivity index (χ1) is 13.5. The maximum atomic E-state index is 13.2. The molecule has 1 fully saturated rings. The molecule has 2 aliphatic heterocycles. The molecule has 1 spiro atoms. The van der Waals surface area contributed by atoms with Crippen molar-refractivity contribution < 1.29 is 9.59 Å². The number of fused-ring (bicyclic) bond motifs is 2. The van der Waals surface area contributed by atoms with Crippen molar-refractivity contribution in [2.24, 2.45) is 11.8 Å². The summed E-state index contributed by atoms with van der Waals surface area (Å²) in [5.74, 6) is -0.154. The largest absolute Gasteiger partial charge is 0.352 e. The second kappa shape index (κ2) is 7.40. The molecule has 1 saturated heterocycles. The van der Waals surface area contributed by atoms with Crippen LogP contribution < -0.4 is 16.0 Å². The zero-order chi connectivity index (χ0) is 19.7. The van der Waals surface area contributed by atoms with Gasteiger partial charge in [-0.3, -0.25) is 14.9 Å². The summed E-state index contributed by atoms with van der Waals surface area (Å²) in [5, 5.41) is 9.60. The maximum Gasteiger partial charge on any atom is 0.250 e. The highest BCUT2D eigenvalue weighted by Gasteiger charge is 2.59. The average Bonchev–Trinajstić information content (AvgIpc) is 3.19. The molecule has 0 radical (unpaired) electrons. The summed E-state index contributed by atoms with van der Waals surface area (Å²) in [4.78, 5) is 26.4. The van der Waals surface area contributed by atoms with Gasteiger partial charge in [0.15, 0.2) is 0 Å². The zero-order valence-corrected chi connectivity index (χ0v) is 16.4. The van der Waals surface area contributed by atoms with E-state index >= 15 is 0 Å². The molecule has 0 aromatic heterocycles. The molecule has 0 aliphatic carbocycles. The van der Waals surface area contributed by atoms with E-state index in [1.54, 1.807) is 0 Å². The molecule has 2 heterocycles. The van der Waals surface area contributed by atoms with Crippen LogP contribution in [-0.4, -0.2) is 17.9 Å². The van der Waals surface area contributed by atoms with Gasteiger partial charge >= 0.3 is 0 Å². The van der Waals surface area contributed by atoms with Crippen molar-refractivity contribution >= 4 is 17.5 Å². The van der Waals surface area contributed by atoms with E-state index in [2.05, 4.69) is 29.8 Å². The number of nitrogens with one attached hydrogen (secondary N) is 3. The zero-order valence-electron chi connectivity index (χ0n) is 16.4. The second-order valence-corrected chi connectivity index (χ2v) is 8.27. The molecule has 3 atom stereocenters. The van der Waals surface area contributed by atoms with Crippen LogP contribution in [0.2, 0.25) is 0 Å². The first-order valence-corrected chi connectivity index (χ1v) is 10.0. The molecular formula is C23H27N3O2. The Bertz CT molecular complexity index is 880. The third-order valence-corrected chi connectivity index (χ3v) is 5.81. The highest BCUT2D eigenvalue weighted by atomic mass is 16.2. The Kier molecular flexibility index (Phi) is 4.94. The minimum absolute atomic E-state index is 0.0746. The Morgan fingerprint density at radius 1 is 1.14 bits per heavy atom. The van der Waals surface area contributed by atoms with E-state index in [9.17, 15) is 9.59 Å². The third-order valence-electron chi connectivity index (χ3n) is 5.81. The van der Waals surface area contributed by atoms with Crippen LogP contribution in [0, 0.1) is 11.8 Å². The molecule has 0 saturated carbocycles. The molecule has 5 heteroatoms. The minimum Gasteiger partial charge on any atom is -0.352 e. The van der Waals surface area contributed by atoms with E-state index in [1.165, 1.54) is 0 Å². The average molecular weight is 377 g/mol. The Labute approximate surface area is 165 Å². The maximum absolute atomic E-state index is 13.2. The van der Waals surface area contributed by atoms with Crippen LogP contribution in [0.15, 0.2) is 54.6 Å². The van der Waals surface area contributed by atoms with Gasteiger partial charge in [0, 0.05) is 23.8 Å². The van der Waals surface area contributed by atoms with Gasteiger partial charge in [0.1, 0.15) is 5.54 Å². The number of amides is 2. The second-order valence-electron chi connectivity index (χ2n) is 8.27. The summed E-state index contributed by atoms with van der Waals surface area (Å²) >= 11 is 0. The topological polar surface area (TPSA) is 70.2 Å². The summed E-state index contributed by atoms with van der Waals surface area (Å²) in [6.45, 7) is 4.80. The minimum atomic E-state index is -0.989. The van der Waals surface area contributed by atoms with E-state index in [4.69, 9.17) is 0 Å². The molecule has 2 amide bonds. The molecule has 146 valence electrons. The summed E-state index contributed by atoms with van der Waals surface area (Å²) in [6, 6.07) is 17.7. The fourth-order valence-electron chi connectivity index (χ4n) is 4.65. The lowest BCUT2D eigenvalue weighted by Gasteiger charge is -2.29. The Morgan fingerprint density at radius 2 is 1.86 bits per heavy atom. The van der Waals surface area contributed by atoms with E-state index in [0.29, 0.717) is 18.9 Å². The Hall–Kier alpha value is -2.66. The van der Waals surface area contributed by atoms with Gasteiger partial charge in [-0.1, -0.05) is 62.4 Å². The van der Waals surface area contributed by atoms with Crippen LogP contribution in [0.3, 0.4) is 0 Å². The van der Waals surface area contributed by atoms with Crippen LogP contribution in [0.5, 0.6) is 0 Å². The summed E-state index contributed by atoms with van der Waals surface area (Å²) in [7, 11) is 0. The molecule has 2 aromatic rings. The van der Waals surface area contributed by atoms with Crippen LogP contribution in [0.25, 0.3) is 0 Å². The number of rotatable bonds is 5. The predicted octanol–water partition coefficient (Wildman–Crippen LogP) is 3.17. The van der Waals surface area contributed by atoms with Crippen molar-refractivity contribution in [2.45, 2.75) is 44.8 Å². The molecule has 5 nitrogen and oxygen atoms in total. The Balaban J connectivity index is 1.63. The standard InChI is InChI=1S/C23H27N3O2/c1-15(2)12-17-13-19(21(27)24-14-16-8-4-3-5-9-16)23(26-17)18-10-6-7-11-20(18)25-22(23)28/h3-11,15,17,19,26H,12-14H2,1-2H3,(H,24,27)(H,25,28)/t17-,19+,23+/m1/s1. The molecule has 0 unspecified atom stereocenters. The van der Waals surface area contributed by atoms with Crippen LogP contribution in [0.4, 0.5) is 5.69 Å². The fraction of sp³-hybridized carbons (Fsp3) is 0.391. The van der Waals surface area contributed by atoms with Gasteiger partial charge in [0.2, 0.25) is 11.8 Å². The molecule has 3 N–H and O–H groups in total. The van der Waals surface area contributed by atoms with E-state index in [0.717, 1.165) is 23.2 Å². The van der Waals surface area contributed by atoms with Gasteiger partial charge in [-0.15, -0.1) is 0 Å². The van der Waals surface area contributed by atoms with Crippen molar-refractivity contribution in [1.82, 2.24) is 10.6 Å². The number of carbonyl (C=O) groups excluding carboxylic acids is 2. The SMILES string of the molecule is CC(C)C[C@@H]1C[C@@H](C(=O)NCc2ccccc2)[C@]2(N1)C(=O)Nc1ccccc12. The molecule has 4 rings (SSSR count). The molecule has 2 aliphatic rings. The lowest BCUT2D eigenvalue weighted by Crippen LogP contribution is -2.53. The first kappa shape index (κ1) is 18.7. The third kappa shape index (κ3) is 3.20. The molecule has 0 bridgehead atoms. The highest BCUT2D eigenvalue weighted by molar-refractivity contribution is 6.09. The van der Waals surface area contributed by atoms with Gasteiger partial charge in [-0.2, -0.15) is 0 Å². The van der Waals surface area contributed by atoms with Gasteiger partial charge in [-0.05, 0) is 30.4 Å². The number of anilines is 1. The monoisotopic (exact) mass is 377 g/mol. The van der Waals surface area contributed by atoms with E-state index < -0.39 is 11.5 Å². The van der Waals surface area contributed by atoms with Crippen molar-refractivity contribution in [3.8, 4) is 0 Å². The van der Waals surface area contributed by atoms with Gasteiger partial charge < -0.3 is 10.6 Å². The van der Waals surface area contributed by atoms with E-state index in [-0.39, 0.29) is 17.9 Å². The van der Waals surface area contributed by atoms with Crippen molar-refractivity contribution in [1.29, 1.82) is 0 Å². The number of benzene rings is 2. The van der Waals surface area contributed by atoms with Gasteiger partial charge in [-0.25, -0.2) is 0 Å².